The Kier molecular flexibility index (Phi) is 5.86. The average Bonchev–Trinajstić information content (AvgIpc) is 3.47. The lowest BCUT2D eigenvalue weighted by Crippen LogP contribution is -2.28. The van der Waals surface area contributed by atoms with Gasteiger partial charge in [-0.1, -0.05) is 24.3 Å². The Morgan fingerprint density at radius 3 is 2.37 bits per heavy atom. The van der Waals surface area contributed by atoms with Crippen LogP contribution in [0.5, 0.6) is 0 Å². The van der Waals surface area contributed by atoms with Crippen molar-refractivity contribution in [3.63, 3.8) is 0 Å². The van der Waals surface area contributed by atoms with Crippen molar-refractivity contribution in [1.82, 2.24) is 5.32 Å². The number of hydrogen-bond donors (Lipinski definition) is 3. The van der Waals surface area contributed by atoms with Crippen molar-refractivity contribution in [3.05, 3.63) is 59.7 Å². The molecule has 0 aliphatic heterocycles. The molecular weight excluding hydrogens is 342 g/mol. The van der Waals surface area contributed by atoms with E-state index < -0.39 is 0 Å². The smallest absolute Gasteiger partial charge is 0.251 e. The molecule has 0 unspecified atom stereocenters. The number of carbonyl (C=O) groups excluding carboxylic acids is 3. The Balaban J connectivity index is 1.46. The standard InChI is InChI=1S/C21H23N3O3/c1-14-5-2-3-8-18(14)21(27)22-12-11-19(25)23-16-6-4-7-17(13-16)24-20(26)15-9-10-15/h2-8,13,15H,9-12H2,1H3,(H,22,27)(H,23,25)(H,24,26). The van der Waals surface area contributed by atoms with Gasteiger partial charge in [0.1, 0.15) is 0 Å². The first-order valence-corrected chi connectivity index (χ1v) is 9.07. The first kappa shape index (κ1) is 18.6. The lowest BCUT2D eigenvalue weighted by atomic mass is 10.1. The lowest BCUT2D eigenvalue weighted by Gasteiger charge is -2.10. The van der Waals surface area contributed by atoms with Crippen molar-refractivity contribution in [2.45, 2.75) is 26.2 Å². The topological polar surface area (TPSA) is 87.3 Å². The second-order valence-corrected chi connectivity index (χ2v) is 6.71. The molecular formula is C21H23N3O3. The minimum absolute atomic E-state index is 0.0254. The predicted octanol–water partition coefficient (Wildman–Crippen LogP) is 3.10. The van der Waals surface area contributed by atoms with E-state index in [-0.39, 0.29) is 36.6 Å². The van der Waals surface area contributed by atoms with Crippen LogP contribution >= 0.6 is 0 Å². The van der Waals surface area contributed by atoms with Crippen molar-refractivity contribution in [2.24, 2.45) is 5.92 Å². The molecule has 0 atom stereocenters. The second-order valence-electron chi connectivity index (χ2n) is 6.71. The van der Waals surface area contributed by atoms with Crippen LogP contribution in [0.4, 0.5) is 11.4 Å². The summed E-state index contributed by atoms with van der Waals surface area (Å²) in [5.74, 6) is -0.242. The summed E-state index contributed by atoms with van der Waals surface area (Å²) in [5.41, 5.74) is 2.78. The van der Waals surface area contributed by atoms with Crippen LogP contribution in [-0.4, -0.2) is 24.3 Å². The van der Waals surface area contributed by atoms with Crippen LogP contribution in [0.2, 0.25) is 0 Å². The van der Waals surface area contributed by atoms with E-state index in [0.29, 0.717) is 16.9 Å². The quantitative estimate of drug-likeness (QED) is 0.704. The molecule has 2 aromatic carbocycles. The maximum absolute atomic E-state index is 12.1. The van der Waals surface area contributed by atoms with E-state index in [1.807, 2.05) is 25.1 Å². The Morgan fingerprint density at radius 1 is 0.963 bits per heavy atom. The van der Waals surface area contributed by atoms with Gasteiger partial charge in [-0.3, -0.25) is 14.4 Å². The lowest BCUT2D eigenvalue weighted by molar-refractivity contribution is -0.117. The summed E-state index contributed by atoms with van der Waals surface area (Å²) >= 11 is 0. The van der Waals surface area contributed by atoms with E-state index in [0.717, 1.165) is 18.4 Å². The predicted molar refractivity (Wildman–Crippen MR) is 105 cm³/mol. The molecule has 0 heterocycles. The zero-order valence-electron chi connectivity index (χ0n) is 15.2. The molecule has 0 bridgehead atoms. The number of carbonyl (C=O) groups is 3. The monoisotopic (exact) mass is 365 g/mol. The van der Waals surface area contributed by atoms with E-state index >= 15 is 0 Å². The van der Waals surface area contributed by atoms with Gasteiger partial charge in [-0.05, 0) is 49.6 Å². The van der Waals surface area contributed by atoms with Gasteiger partial charge in [0.25, 0.3) is 5.91 Å². The molecule has 0 spiro atoms. The Labute approximate surface area is 158 Å². The molecule has 0 aromatic heterocycles. The maximum Gasteiger partial charge on any atom is 0.251 e. The van der Waals surface area contributed by atoms with E-state index in [9.17, 15) is 14.4 Å². The summed E-state index contributed by atoms with van der Waals surface area (Å²) in [5, 5.41) is 8.39. The first-order chi connectivity index (χ1) is 13.0. The van der Waals surface area contributed by atoms with Crippen LogP contribution in [0.3, 0.4) is 0 Å². The maximum atomic E-state index is 12.1. The molecule has 1 aliphatic rings. The van der Waals surface area contributed by atoms with E-state index in [1.54, 1.807) is 30.3 Å². The molecule has 1 fully saturated rings. The molecule has 3 rings (SSSR count). The molecule has 0 radical (unpaired) electrons. The average molecular weight is 365 g/mol. The fourth-order valence-electron chi connectivity index (χ4n) is 2.70. The SMILES string of the molecule is Cc1ccccc1C(=O)NCCC(=O)Nc1cccc(NC(=O)C2CC2)c1. The van der Waals surface area contributed by atoms with Crippen LogP contribution in [0.25, 0.3) is 0 Å². The number of nitrogens with one attached hydrogen (secondary N) is 3. The van der Waals surface area contributed by atoms with E-state index in [1.165, 1.54) is 0 Å². The van der Waals surface area contributed by atoms with Gasteiger partial charge in [-0.2, -0.15) is 0 Å². The van der Waals surface area contributed by atoms with Crippen LogP contribution in [0.15, 0.2) is 48.5 Å². The summed E-state index contributed by atoms with van der Waals surface area (Å²) in [4.78, 5) is 36.0. The van der Waals surface area contributed by atoms with Crippen molar-refractivity contribution in [2.75, 3.05) is 17.2 Å². The molecule has 1 saturated carbocycles. The summed E-state index contributed by atoms with van der Waals surface area (Å²) in [7, 11) is 0. The number of aryl methyl sites for hydroxylation is 1. The second kappa shape index (κ2) is 8.49. The normalized spacial score (nSPS) is 12.9. The zero-order chi connectivity index (χ0) is 19.2. The highest BCUT2D eigenvalue weighted by atomic mass is 16.2. The number of benzene rings is 2. The minimum atomic E-state index is -0.203. The molecule has 6 nitrogen and oxygen atoms in total. The highest BCUT2D eigenvalue weighted by molar-refractivity contribution is 5.97. The van der Waals surface area contributed by atoms with Gasteiger partial charge in [0.05, 0.1) is 0 Å². The third-order valence-corrected chi connectivity index (χ3v) is 4.39. The van der Waals surface area contributed by atoms with Crippen LogP contribution in [0, 0.1) is 12.8 Å². The molecule has 27 heavy (non-hydrogen) atoms. The van der Waals surface area contributed by atoms with Crippen LogP contribution in [0.1, 0.15) is 35.2 Å². The van der Waals surface area contributed by atoms with Gasteiger partial charge in [-0.15, -0.1) is 0 Å². The summed E-state index contributed by atoms with van der Waals surface area (Å²) in [6.45, 7) is 2.12. The first-order valence-electron chi connectivity index (χ1n) is 9.07. The van der Waals surface area contributed by atoms with Crippen LogP contribution < -0.4 is 16.0 Å². The summed E-state index contributed by atoms with van der Waals surface area (Å²) in [6.07, 6.45) is 2.04. The minimum Gasteiger partial charge on any atom is -0.352 e. The molecule has 1 aliphatic carbocycles. The summed E-state index contributed by atoms with van der Waals surface area (Å²) in [6, 6.07) is 14.4. The molecule has 140 valence electrons. The molecule has 3 amide bonds. The Bertz CT molecular complexity index is 859. The third-order valence-electron chi connectivity index (χ3n) is 4.39. The van der Waals surface area contributed by atoms with Gasteiger partial charge in [0.2, 0.25) is 11.8 Å². The summed E-state index contributed by atoms with van der Waals surface area (Å²) < 4.78 is 0. The van der Waals surface area contributed by atoms with Gasteiger partial charge < -0.3 is 16.0 Å². The molecule has 6 heteroatoms. The van der Waals surface area contributed by atoms with Gasteiger partial charge in [-0.25, -0.2) is 0 Å². The highest BCUT2D eigenvalue weighted by Gasteiger charge is 2.29. The Hall–Kier alpha value is -3.15. The molecule has 3 N–H and O–H groups in total. The molecule has 2 aromatic rings. The van der Waals surface area contributed by atoms with E-state index in [2.05, 4.69) is 16.0 Å². The van der Waals surface area contributed by atoms with Crippen LogP contribution in [-0.2, 0) is 9.59 Å². The van der Waals surface area contributed by atoms with Gasteiger partial charge in [0, 0.05) is 35.8 Å². The van der Waals surface area contributed by atoms with Gasteiger partial charge in [0.15, 0.2) is 0 Å². The number of amides is 3. The number of rotatable bonds is 7. The van der Waals surface area contributed by atoms with Gasteiger partial charge >= 0.3 is 0 Å². The largest absolute Gasteiger partial charge is 0.352 e. The fourth-order valence-corrected chi connectivity index (χ4v) is 2.70. The van der Waals surface area contributed by atoms with Crippen molar-refractivity contribution in [3.8, 4) is 0 Å². The third kappa shape index (κ3) is 5.41. The molecule has 0 saturated heterocycles. The highest BCUT2D eigenvalue weighted by Crippen LogP contribution is 2.30. The van der Waals surface area contributed by atoms with Crippen molar-refractivity contribution < 1.29 is 14.4 Å². The van der Waals surface area contributed by atoms with E-state index in [4.69, 9.17) is 0 Å². The van der Waals surface area contributed by atoms with Crippen molar-refractivity contribution >= 4 is 29.1 Å². The number of anilines is 2. The zero-order valence-corrected chi connectivity index (χ0v) is 15.2. The van der Waals surface area contributed by atoms with Crippen molar-refractivity contribution in [1.29, 1.82) is 0 Å². The fraction of sp³-hybridized carbons (Fsp3) is 0.286. The number of hydrogen-bond acceptors (Lipinski definition) is 3. The Morgan fingerprint density at radius 2 is 1.67 bits per heavy atom.